The van der Waals surface area contributed by atoms with E-state index in [0.717, 1.165) is 35.1 Å². The van der Waals surface area contributed by atoms with Crippen LogP contribution in [-0.2, 0) is 19.6 Å². The summed E-state index contributed by atoms with van der Waals surface area (Å²) in [7, 11) is -0.542. The van der Waals surface area contributed by atoms with Gasteiger partial charge in [0.15, 0.2) is 0 Å². The Morgan fingerprint density at radius 3 is 2.36 bits per heavy atom. The average Bonchev–Trinajstić information content (AvgIpc) is 3.46. The highest BCUT2D eigenvalue weighted by molar-refractivity contribution is 7.92. The van der Waals surface area contributed by atoms with Crippen molar-refractivity contribution in [2.75, 3.05) is 64.0 Å². The van der Waals surface area contributed by atoms with E-state index in [1.165, 1.54) is 17.6 Å². The molecule has 0 radical (unpaired) electrons. The van der Waals surface area contributed by atoms with Gasteiger partial charge < -0.3 is 19.4 Å². The van der Waals surface area contributed by atoms with Gasteiger partial charge in [0.05, 0.1) is 30.7 Å². The lowest BCUT2D eigenvalue weighted by molar-refractivity contribution is -0.140. The number of nitrogens with one attached hydrogen (secondary N) is 1. The first kappa shape index (κ1) is 32.7. The Morgan fingerprint density at radius 1 is 1.00 bits per heavy atom. The number of nitrogens with zero attached hydrogens (tertiary/aromatic N) is 3. The second-order valence-electron chi connectivity index (χ2n) is 12.5. The van der Waals surface area contributed by atoms with E-state index >= 15 is 0 Å². The zero-order valence-electron chi connectivity index (χ0n) is 27.4. The van der Waals surface area contributed by atoms with Crippen molar-refractivity contribution in [3.05, 3.63) is 89.0 Å². The number of sulfonamides is 1. The van der Waals surface area contributed by atoms with Crippen LogP contribution in [0.2, 0.25) is 0 Å². The monoisotopic (exact) mass is 658 g/mol. The number of ether oxygens (including phenoxy) is 1. The van der Waals surface area contributed by atoms with Gasteiger partial charge in [-0.2, -0.15) is 0 Å². The van der Waals surface area contributed by atoms with E-state index < -0.39 is 16.1 Å². The summed E-state index contributed by atoms with van der Waals surface area (Å²) < 4.78 is 39.1. The lowest BCUT2D eigenvalue weighted by Crippen LogP contribution is -2.49. The van der Waals surface area contributed by atoms with Crippen LogP contribution in [0.1, 0.15) is 51.8 Å². The number of furan rings is 1. The number of amides is 2. The average molecular weight is 659 g/mol. The minimum absolute atomic E-state index is 0.0258. The molecule has 3 aromatic carbocycles. The van der Waals surface area contributed by atoms with Crippen molar-refractivity contribution in [2.24, 2.45) is 0 Å². The Balaban J connectivity index is 1.44. The Bertz CT molecular complexity index is 1870. The van der Waals surface area contributed by atoms with Crippen LogP contribution < -0.4 is 9.62 Å². The van der Waals surface area contributed by atoms with E-state index in [4.69, 9.17) is 9.15 Å². The highest BCUT2D eigenvalue weighted by Crippen LogP contribution is 2.42. The molecule has 1 N–H and O–H groups in total. The van der Waals surface area contributed by atoms with Crippen LogP contribution in [0.3, 0.4) is 0 Å². The summed E-state index contributed by atoms with van der Waals surface area (Å²) in [4.78, 5) is 31.9. The first-order valence-corrected chi connectivity index (χ1v) is 17.9. The van der Waals surface area contributed by atoms with Crippen LogP contribution in [0.4, 0.5) is 5.69 Å². The van der Waals surface area contributed by atoms with Gasteiger partial charge >= 0.3 is 0 Å². The van der Waals surface area contributed by atoms with Crippen molar-refractivity contribution in [1.29, 1.82) is 0 Å². The fourth-order valence-corrected chi connectivity index (χ4v) is 7.29. The molecule has 2 aliphatic rings. The van der Waals surface area contributed by atoms with Crippen molar-refractivity contribution in [2.45, 2.75) is 31.7 Å². The molecule has 2 amide bonds. The van der Waals surface area contributed by atoms with Crippen LogP contribution in [0.5, 0.6) is 0 Å². The van der Waals surface area contributed by atoms with Crippen LogP contribution in [-0.4, -0.2) is 89.8 Å². The predicted octanol–water partition coefficient (Wildman–Crippen LogP) is 4.94. The van der Waals surface area contributed by atoms with E-state index in [1.807, 2.05) is 72.5 Å². The first-order chi connectivity index (χ1) is 22.6. The Labute approximate surface area is 276 Å². The van der Waals surface area contributed by atoms with E-state index in [1.54, 1.807) is 13.1 Å². The van der Waals surface area contributed by atoms with Crippen molar-refractivity contribution in [1.82, 2.24) is 15.1 Å². The number of rotatable bonds is 8. The largest absolute Gasteiger partial charge is 0.455 e. The van der Waals surface area contributed by atoms with Crippen molar-refractivity contribution < 1.29 is 27.2 Å². The topological polar surface area (TPSA) is 112 Å². The summed E-state index contributed by atoms with van der Waals surface area (Å²) >= 11 is 0. The molecule has 1 unspecified atom stereocenters. The van der Waals surface area contributed by atoms with Crippen LogP contribution >= 0.6 is 0 Å². The number of hydrogen-bond acceptors (Lipinski definition) is 7. The fraction of sp³-hybridized carbons (Fsp3) is 0.389. The third-order valence-corrected chi connectivity index (χ3v) is 10.6. The summed E-state index contributed by atoms with van der Waals surface area (Å²) in [5.41, 5.74) is 4.79. The summed E-state index contributed by atoms with van der Waals surface area (Å²) in [6.45, 7) is 5.48. The maximum absolute atomic E-state index is 14.4. The molecule has 10 nitrogen and oxygen atoms in total. The van der Waals surface area contributed by atoms with Crippen molar-refractivity contribution >= 4 is 38.5 Å². The number of carbonyl (C=O) groups is 2. The molecule has 2 aliphatic heterocycles. The second kappa shape index (κ2) is 13.5. The lowest BCUT2D eigenvalue weighted by Gasteiger charge is -2.40. The third-order valence-electron chi connectivity index (χ3n) is 9.37. The van der Waals surface area contributed by atoms with Gasteiger partial charge in [-0.15, -0.1) is 0 Å². The maximum atomic E-state index is 14.4. The first-order valence-electron chi connectivity index (χ1n) is 16.1. The van der Waals surface area contributed by atoms with Gasteiger partial charge in [0.25, 0.3) is 5.91 Å². The van der Waals surface area contributed by atoms with Gasteiger partial charge in [0.2, 0.25) is 15.9 Å². The smallest absolute Gasteiger partial charge is 0.255 e. The van der Waals surface area contributed by atoms with E-state index in [-0.39, 0.29) is 17.7 Å². The summed E-state index contributed by atoms with van der Waals surface area (Å²) in [5, 5.41) is 3.35. The highest BCUT2D eigenvalue weighted by atomic mass is 32.2. The second-order valence-corrected chi connectivity index (χ2v) is 14.5. The molecule has 1 aromatic heterocycles. The number of likely N-dealkylation sites (tertiary alicyclic amines) is 1. The Kier molecular flexibility index (Phi) is 9.41. The molecular weight excluding hydrogens is 616 g/mol. The third kappa shape index (κ3) is 6.65. The van der Waals surface area contributed by atoms with Crippen LogP contribution in [0, 0.1) is 6.92 Å². The van der Waals surface area contributed by atoms with Gasteiger partial charge in [0, 0.05) is 63.2 Å². The molecule has 11 heteroatoms. The zero-order chi connectivity index (χ0) is 33.3. The number of carbonyl (C=O) groups excluding carboxylic acids is 2. The number of aryl methyl sites for hydroxylation is 1. The normalized spacial score (nSPS) is 18.2. The van der Waals surface area contributed by atoms with Gasteiger partial charge in [-0.25, -0.2) is 8.42 Å². The van der Waals surface area contributed by atoms with E-state index in [0.29, 0.717) is 67.4 Å². The van der Waals surface area contributed by atoms with Crippen LogP contribution in [0.25, 0.3) is 22.3 Å². The maximum Gasteiger partial charge on any atom is 0.255 e. The summed E-state index contributed by atoms with van der Waals surface area (Å²) in [6, 6.07) is 20.8. The molecule has 0 saturated carbocycles. The standard InChI is InChI=1S/C36H42N4O6S/c1-24-12-14-26(15-13-24)34-32(35(41)37-2)29-21-28(30(22-31(29)46-34)38(3)47(4,43)44)27-11-8-16-40(23-27)36(42)33(25-9-6-5-7-10-25)39-17-19-45-20-18-39/h5-7,9-10,12-15,21-22,27,33H,8,11,16-20,23H2,1-4H3,(H,37,41)/t27-,33?/m0/s1. The number of anilines is 1. The van der Waals surface area contributed by atoms with Crippen molar-refractivity contribution in [3.63, 3.8) is 0 Å². The van der Waals surface area contributed by atoms with E-state index in [9.17, 15) is 18.0 Å². The molecule has 0 spiro atoms. The number of hydrogen-bond donors (Lipinski definition) is 1. The molecule has 3 heterocycles. The van der Waals surface area contributed by atoms with E-state index in [2.05, 4.69) is 10.2 Å². The summed E-state index contributed by atoms with van der Waals surface area (Å²) in [5.74, 6) is -0.0298. The van der Waals surface area contributed by atoms with Gasteiger partial charge in [-0.05, 0) is 37.0 Å². The van der Waals surface area contributed by atoms with Gasteiger partial charge in [0.1, 0.15) is 17.4 Å². The number of fused-ring (bicyclic) bond motifs is 1. The SMILES string of the molecule is CNC(=O)c1c(-c2ccc(C)cc2)oc2cc(N(C)S(C)(=O)=O)c([C@H]3CCCN(C(=O)C(c4ccccc4)N4CCOCC4)C3)cc12. The minimum Gasteiger partial charge on any atom is -0.455 e. The molecule has 6 rings (SSSR count). The minimum atomic E-state index is -3.65. The fourth-order valence-electron chi connectivity index (χ4n) is 6.77. The van der Waals surface area contributed by atoms with Crippen molar-refractivity contribution in [3.8, 4) is 11.3 Å². The zero-order valence-corrected chi connectivity index (χ0v) is 28.2. The molecule has 2 saturated heterocycles. The molecule has 2 fully saturated rings. The molecular formula is C36H42N4O6S. The molecule has 0 bridgehead atoms. The molecule has 0 aliphatic carbocycles. The molecule has 2 atom stereocenters. The van der Waals surface area contributed by atoms with Crippen LogP contribution in [0.15, 0.2) is 71.1 Å². The molecule has 4 aromatic rings. The quantitative estimate of drug-likeness (QED) is 0.285. The highest BCUT2D eigenvalue weighted by Gasteiger charge is 2.36. The number of piperidine rings is 1. The van der Waals surface area contributed by atoms with Gasteiger partial charge in [-0.3, -0.25) is 18.8 Å². The van der Waals surface area contributed by atoms with Gasteiger partial charge in [-0.1, -0.05) is 60.2 Å². The lowest BCUT2D eigenvalue weighted by atomic mass is 9.87. The Morgan fingerprint density at radius 2 is 1.70 bits per heavy atom. The molecule has 248 valence electrons. The summed E-state index contributed by atoms with van der Waals surface area (Å²) in [6.07, 6.45) is 2.68. The molecule has 47 heavy (non-hydrogen) atoms. The number of benzene rings is 3. The predicted molar refractivity (Wildman–Crippen MR) is 183 cm³/mol. The number of morpholine rings is 1. The Hall–Kier alpha value is -4.19.